The molecule has 0 bridgehead atoms. The molecular weight excluding hydrogens is 218 g/mol. The Balaban J connectivity index is 2.77. The molecule has 0 saturated heterocycles. The summed E-state index contributed by atoms with van der Waals surface area (Å²) in [6, 6.07) is 5.02. The van der Waals surface area contributed by atoms with Crippen LogP contribution in [-0.4, -0.2) is 11.5 Å². The predicted molar refractivity (Wildman–Crippen MR) is 67.7 cm³/mol. The first-order valence-electron chi connectivity index (χ1n) is 5.77. The van der Waals surface area contributed by atoms with Crippen LogP contribution >= 0.6 is 0 Å². The van der Waals surface area contributed by atoms with Gasteiger partial charge in [0.15, 0.2) is 0 Å². The highest BCUT2D eigenvalue weighted by Crippen LogP contribution is 2.24. The van der Waals surface area contributed by atoms with Crippen molar-refractivity contribution in [1.29, 1.82) is 0 Å². The summed E-state index contributed by atoms with van der Waals surface area (Å²) in [7, 11) is 0. The number of unbranched alkanes of at least 4 members (excludes halogenated alkanes) is 1. The summed E-state index contributed by atoms with van der Waals surface area (Å²) in [5, 5.41) is 10.8. The van der Waals surface area contributed by atoms with Crippen LogP contribution in [0.4, 0.5) is 5.69 Å². The standard InChI is InChI=1S/C12H19N3O2/c1-9-5-6-10(8-12(9)15(16)17)11(14)4-2-3-7-13/h5-6,8,11H,2-4,7,13-14H2,1H3/t11-/m1/s1. The minimum absolute atomic E-state index is 0.136. The number of nitro groups is 1. The number of benzene rings is 1. The Bertz CT molecular complexity index is 393. The summed E-state index contributed by atoms with van der Waals surface area (Å²) in [6.45, 7) is 2.38. The molecule has 0 heterocycles. The largest absolute Gasteiger partial charge is 0.330 e. The third-order valence-corrected chi connectivity index (χ3v) is 2.83. The van der Waals surface area contributed by atoms with E-state index in [9.17, 15) is 10.1 Å². The summed E-state index contributed by atoms with van der Waals surface area (Å²) in [5.41, 5.74) is 13.0. The Morgan fingerprint density at radius 3 is 2.71 bits per heavy atom. The van der Waals surface area contributed by atoms with Crippen LogP contribution in [0, 0.1) is 17.0 Å². The molecule has 5 nitrogen and oxygen atoms in total. The minimum atomic E-state index is -0.370. The molecule has 1 aromatic carbocycles. The van der Waals surface area contributed by atoms with E-state index in [1.165, 1.54) is 0 Å². The molecule has 0 fully saturated rings. The van der Waals surface area contributed by atoms with Crippen molar-refractivity contribution in [3.63, 3.8) is 0 Å². The number of nitro benzene ring substituents is 1. The number of aryl methyl sites for hydroxylation is 1. The SMILES string of the molecule is Cc1ccc([C@H](N)CCCCN)cc1[N+](=O)[O-]. The molecule has 0 aromatic heterocycles. The van der Waals surface area contributed by atoms with Gasteiger partial charge in [0.05, 0.1) is 4.92 Å². The predicted octanol–water partition coefficient (Wildman–Crippen LogP) is 2.03. The van der Waals surface area contributed by atoms with Crippen LogP contribution in [0.25, 0.3) is 0 Å². The van der Waals surface area contributed by atoms with Gasteiger partial charge in [-0.3, -0.25) is 10.1 Å². The Kier molecular flexibility index (Phi) is 5.06. The second-order valence-electron chi connectivity index (χ2n) is 4.19. The number of nitrogens with zero attached hydrogens (tertiary/aromatic N) is 1. The maximum Gasteiger partial charge on any atom is 0.272 e. The lowest BCUT2D eigenvalue weighted by Gasteiger charge is -2.12. The smallest absolute Gasteiger partial charge is 0.272 e. The maximum atomic E-state index is 10.8. The van der Waals surface area contributed by atoms with Crippen molar-refractivity contribution in [2.45, 2.75) is 32.2 Å². The number of hydrogen-bond acceptors (Lipinski definition) is 4. The molecular formula is C12H19N3O2. The highest BCUT2D eigenvalue weighted by molar-refractivity contribution is 5.43. The topological polar surface area (TPSA) is 95.2 Å². The Labute approximate surface area is 101 Å². The zero-order valence-corrected chi connectivity index (χ0v) is 10.1. The van der Waals surface area contributed by atoms with Crippen LogP contribution in [0.2, 0.25) is 0 Å². The fourth-order valence-corrected chi connectivity index (χ4v) is 1.73. The second kappa shape index (κ2) is 6.32. The van der Waals surface area contributed by atoms with Crippen LogP contribution in [0.1, 0.15) is 36.4 Å². The van der Waals surface area contributed by atoms with E-state index in [0.717, 1.165) is 24.8 Å². The summed E-state index contributed by atoms with van der Waals surface area (Å²) in [4.78, 5) is 10.4. The van der Waals surface area contributed by atoms with Gasteiger partial charge in [-0.1, -0.05) is 18.6 Å². The molecule has 5 heteroatoms. The maximum absolute atomic E-state index is 10.8. The van der Waals surface area contributed by atoms with E-state index in [1.54, 1.807) is 19.1 Å². The van der Waals surface area contributed by atoms with Gasteiger partial charge in [-0.15, -0.1) is 0 Å². The van der Waals surface area contributed by atoms with Gasteiger partial charge in [0.1, 0.15) is 0 Å². The molecule has 0 spiro atoms. The summed E-state index contributed by atoms with van der Waals surface area (Å²) < 4.78 is 0. The number of rotatable bonds is 6. The van der Waals surface area contributed by atoms with Crippen LogP contribution in [-0.2, 0) is 0 Å². The molecule has 0 saturated carbocycles. The highest BCUT2D eigenvalue weighted by atomic mass is 16.6. The molecule has 0 aliphatic heterocycles. The van der Waals surface area contributed by atoms with Gasteiger partial charge in [0, 0.05) is 17.7 Å². The minimum Gasteiger partial charge on any atom is -0.330 e. The van der Waals surface area contributed by atoms with Crippen molar-refractivity contribution in [3.8, 4) is 0 Å². The molecule has 94 valence electrons. The molecule has 0 aliphatic rings. The van der Waals surface area contributed by atoms with Crippen LogP contribution < -0.4 is 11.5 Å². The average molecular weight is 237 g/mol. The van der Waals surface area contributed by atoms with Gasteiger partial charge in [0.2, 0.25) is 0 Å². The fraction of sp³-hybridized carbons (Fsp3) is 0.500. The number of nitrogens with two attached hydrogens (primary N) is 2. The normalized spacial score (nSPS) is 12.4. The van der Waals surface area contributed by atoms with Crippen molar-refractivity contribution in [2.75, 3.05) is 6.54 Å². The molecule has 1 aromatic rings. The first-order chi connectivity index (χ1) is 8.06. The van der Waals surface area contributed by atoms with E-state index >= 15 is 0 Å². The van der Waals surface area contributed by atoms with Gasteiger partial charge in [-0.2, -0.15) is 0 Å². The molecule has 0 radical (unpaired) electrons. The molecule has 0 aliphatic carbocycles. The third-order valence-electron chi connectivity index (χ3n) is 2.83. The molecule has 4 N–H and O–H groups in total. The highest BCUT2D eigenvalue weighted by Gasteiger charge is 2.14. The van der Waals surface area contributed by atoms with Crippen LogP contribution in [0.5, 0.6) is 0 Å². The third kappa shape index (κ3) is 3.80. The van der Waals surface area contributed by atoms with E-state index in [1.807, 2.05) is 6.07 Å². The van der Waals surface area contributed by atoms with Crippen LogP contribution in [0.15, 0.2) is 18.2 Å². The van der Waals surface area contributed by atoms with E-state index in [4.69, 9.17) is 11.5 Å². The fourth-order valence-electron chi connectivity index (χ4n) is 1.73. The zero-order chi connectivity index (χ0) is 12.8. The van der Waals surface area contributed by atoms with Crippen molar-refractivity contribution in [1.82, 2.24) is 0 Å². The van der Waals surface area contributed by atoms with E-state index in [-0.39, 0.29) is 16.7 Å². The lowest BCUT2D eigenvalue weighted by Crippen LogP contribution is -2.11. The van der Waals surface area contributed by atoms with E-state index in [0.29, 0.717) is 12.1 Å². The first kappa shape index (κ1) is 13.6. The van der Waals surface area contributed by atoms with Crippen molar-refractivity contribution >= 4 is 5.69 Å². The monoisotopic (exact) mass is 237 g/mol. The lowest BCUT2D eigenvalue weighted by atomic mass is 10.00. The van der Waals surface area contributed by atoms with E-state index < -0.39 is 0 Å². The van der Waals surface area contributed by atoms with Gasteiger partial charge >= 0.3 is 0 Å². The van der Waals surface area contributed by atoms with E-state index in [2.05, 4.69) is 0 Å². The molecule has 0 unspecified atom stereocenters. The summed E-state index contributed by atoms with van der Waals surface area (Å²) >= 11 is 0. The van der Waals surface area contributed by atoms with Crippen LogP contribution in [0.3, 0.4) is 0 Å². The summed E-state index contributed by atoms with van der Waals surface area (Å²) in [6.07, 6.45) is 2.68. The zero-order valence-electron chi connectivity index (χ0n) is 10.1. The molecule has 17 heavy (non-hydrogen) atoms. The van der Waals surface area contributed by atoms with Gasteiger partial charge in [-0.05, 0) is 31.9 Å². The Morgan fingerprint density at radius 1 is 1.41 bits per heavy atom. The van der Waals surface area contributed by atoms with Gasteiger partial charge < -0.3 is 11.5 Å². The first-order valence-corrected chi connectivity index (χ1v) is 5.77. The summed E-state index contributed by atoms with van der Waals surface area (Å²) in [5.74, 6) is 0. The van der Waals surface area contributed by atoms with Crippen molar-refractivity contribution in [3.05, 3.63) is 39.4 Å². The van der Waals surface area contributed by atoms with Gasteiger partial charge in [0.25, 0.3) is 5.69 Å². The van der Waals surface area contributed by atoms with Gasteiger partial charge in [-0.25, -0.2) is 0 Å². The average Bonchev–Trinajstić information content (AvgIpc) is 2.29. The second-order valence-corrected chi connectivity index (χ2v) is 4.19. The molecule has 1 atom stereocenters. The Hall–Kier alpha value is -1.46. The Morgan fingerprint density at radius 2 is 2.12 bits per heavy atom. The molecule has 0 amide bonds. The molecule has 1 rings (SSSR count). The lowest BCUT2D eigenvalue weighted by molar-refractivity contribution is -0.385. The van der Waals surface area contributed by atoms with Crippen molar-refractivity contribution < 1.29 is 4.92 Å². The van der Waals surface area contributed by atoms with Crippen molar-refractivity contribution in [2.24, 2.45) is 11.5 Å². The quantitative estimate of drug-likeness (QED) is 0.449. The number of hydrogen-bond donors (Lipinski definition) is 2.